The maximum atomic E-state index is 5.90. The third-order valence-electron chi connectivity index (χ3n) is 2.76. The summed E-state index contributed by atoms with van der Waals surface area (Å²) in [6.45, 7) is 4.47. The zero-order valence-electron chi connectivity index (χ0n) is 9.32. The second kappa shape index (κ2) is 4.89. The number of rotatable bonds is 2. The van der Waals surface area contributed by atoms with Crippen molar-refractivity contribution in [2.75, 3.05) is 30.3 Å². The second-order valence-corrected chi connectivity index (χ2v) is 4.28. The van der Waals surface area contributed by atoms with Crippen molar-refractivity contribution in [3.8, 4) is 0 Å². The van der Waals surface area contributed by atoms with Gasteiger partial charge in [0.2, 0.25) is 0 Å². The molecule has 1 aliphatic rings. The molecule has 2 N–H and O–H groups in total. The normalized spacial score (nSPS) is 21.1. The summed E-state index contributed by atoms with van der Waals surface area (Å²) >= 11 is 5.88. The van der Waals surface area contributed by atoms with Crippen LogP contribution >= 0.6 is 11.6 Å². The lowest BCUT2D eigenvalue weighted by atomic mass is 10.2. The van der Waals surface area contributed by atoms with Gasteiger partial charge >= 0.3 is 0 Å². The quantitative estimate of drug-likeness (QED) is 0.804. The summed E-state index contributed by atoms with van der Waals surface area (Å²) in [5.74, 6) is 0.772. The number of halogens is 1. The molecule has 88 valence electrons. The highest BCUT2D eigenvalue weighted by molar-refractivity contribution is 6.29. The lowest BCUT2D eigenvalue weighted by molar-refractivity contribution is 0.0382. The average Bonchev–Trinajstić information content (AvgIpc) is 2.32. The number of hydrogen-bond acceptors (Lipinski definition) is 4. The number of nitrogen functional groups attached to an aromatic ring is 1. The molecule has 1 aliphatic heterocycles. The summed E-state index contributed by atoms with van der Waals surface area (Å²) in [7, 11) is 0. The highest BCUT2D eigenvalue weighted by atomic mass is 35.5. The van der Waals surface area contributed by atoms with Crippen molar-refractivity contribution in [1.82, 2.24) is 4.98 Å². The molecule has 5 heteroatoms. The number of hydrogen-bond donors (Lipinski definition) is 1. The van der Waals surface area contributed by atoms with E-state index in [4.69, 9.17) is 22.1 Å². The Morgan fingerprint density at radius 2 is 2.44 bits per heavy atom. The fourth-order valence-corrected chi connectivity index (χ4v) is 1.99. The van der Waals surface area contributed by atoms with Crippen LogP contribution < -0.4 is 10.6 Å². The van der Waals surface area contributed by atoms with Crippen LogP contribution in [0.15, 0.2) is 12.1 Å². The summed E-state index contributed by atoms with van der Waals surface area (Å²) in [6.07, 6.45) is 1.26. The van der Waals surface area contributed by atoms with Crippen LogP contribution in [0.3, 0.4) is 0 Å². The zero-order chi connectivity index (χ0) is 11.5. The third-order valence-corrected chi connectivity index (χ3v) is 2.98. The lowest BCUT2D eigenvalue weighted by Gasteiger charge is -2.33. The SMILES string of the molecule is CCC1CN(c2nc(Cl)ccc2N)CCO1. The third kappa shape index (κ3) is 2.39. The van der Waals surface area contributed by atoms with E-state index in [0.717, 1.165) is 25.3 Å². The molecule has 2 rings (SSSR count). The maximum Gasteiger partial charge on any atom is 0.153 e. The Morgan fingerprint density at radius 1 is 1.62 bits per heavy atom. The predicted octanol–water partition coefficient (Wildman–Crippen LogP) is 1.93. The predicted molar refractivity (Wildman–Crippen MR) is 65.9 cm³/mol. The molecule has 1 saturated heterocycles. The van der Waals surface area contributed by atoms with Crippen molar-refractivity contribution in [3.63, 3.8) is 0 Å². The van der Waals surface area contributed by atoms with Gasteiger partial charge in [-0.15, -0.1) is 0 Å². The highest BCUT2D eigenvalue weighted by Crippen LogP contribution is 2.24. The largest absolute Gasteiger partial charge is 0.396 e. The van der Waals surface area contributed by atoms with Gasteiger partial charge in [-0.1, -0.05) is 18.5 Å². The van der Waals surface area contributed by atoms with Gasteiger partial charge in [0.15, 0.2) is 5.82 Å². The first-order chi connectivity index (χ1) is 7.70. The minimum Gasteiger partial charge on any atom is -0.396 e. The molecular weight excluding hydrogens is 226 g/mol. The first-order valence-corrected chi connectivity index (χ1v) is 5.87. The number of pyridine rings is 1. The van der Waals surface area contributed by atoms with Crippen molar-refractivity contribution in [2.24, 2.45) is 0 Å². The smallest absolute Gasteiger partial charge is 0.153 e. The first kappa shape index (κ1) is 11.5. The summed E-state index contributed by atoms with van der Waals surface area (Å²) in [5.41, 5.74) is 6.57. The van der Waals surface area contributed by atoms with Gasteiger partial charge in [0.05, 0.1) is 18.4 Å². The first-order valence-electron chi connectivity index (χ1n) is 5.49. The Bertz CT molecular complexity index is 372. The number of anilines is 2. The molecule has 16 heavy (non-hydrogen) atoms. The number of nitrogens with zero attached hydrogens (tertiary/aromatic N) is 2. The Balaban J connectivity index is 2.19. The Labute approximate surface area is 100 Å². The van der Waals surface area contributed by atoms with Crippen LogP contribution in [-0.2, 0) is 4.74 Å². The topological polar surface area (TPSA) is 51.4 Å². The number of aromatic nitrogens is 1. The molecule has 0 aromatic carbocycles. The van der Waals surface area contributed by atoms with Crippen LogP contribution in [0.1, 0.15) is 13.3 Å². The van der Waals surface area contributed by atoms with Crippen molar-refractivity contribution in [2.45, 2.75) is 19.4 Å². The second-order valence-electron chi connectivity index (χ2n) is 3.89. The molecule has 4 nitrogen and oxygen atoms in total. The van der Waals surface area contributed by atoms with E-state index in [2.05, 4.69) is 16.8 Å². The van der Waals surface area contributed by atoms with Gasteiger partial charge in [-0.2, -0.15) is 0 Å². The van der Waals surface area contributed by atoms with Crippen LogP contribution in [0.25, 0.3) is 0 Å². The van der Waals surface area contributed by atoms with Gasteiger partial charge in [-0.25, -0.2) is 4.98 Å². The minimum atomic E-state index is 0.258. The van der Waals surface area contributed by atoms with Gasteiger partial charge in [-0.3, -0.25) is 0 Å². The number of morpholine rings is 1. The van der Waals surface area contributed by atoms with E-state index < -0.39 is 0 Å². The minimum absolute atomic E-state index is 0.258. The molecule has 0 radical (unpaired) electrons. The Kier molecular flexibility index (Phi) is 3.51. The van der Waals surface area contributed by atoms with Crippen LogP contribution in [0.5, 0.6) is 0 Å². The fourth-order valence-electron chi connectivity index (χ4n) is 1.85. The monoisotopic (exact) mass is 241 g/mol. The van der Waals surface area contributed by atoms with Crippen molar-refractivity contribution >= 4 is 23.1 Å². The summed E-state index contributed by atoms with van der Waals surface area (Å²) in [5, 5.41) is 0.476. The molecule has 2 heterocycles. The molecule has 0 aliphatic carbocycles. The average molecular weight is 242 g/mol. The van der Waals surface area contributed by atoms with E-state index in [-0.39, 0.29) is 6.10 Å². The van der Waals surface area contributed by atoms with Crippen LogP contribution in [0.2, 0.25) is 5.15 Å². The Hall–Kier alpha value is -1.00. The molecule has 0 saturated carbocycles. The van der Waals surface area contributed by atoms with Crippen molar-refractivity contribution in [3.05, 3.63) is 17.3 Å². The molecule has 1 aromatic heterocycles. The van der Waals surface area contributed by atoms with Gasteiger partial charge in [0.25, 0.3) is 0 Å². The van der Waals surface area contributed by atoms with E-state index in [1.165, 1.54) is 0 Å². The molecule has 0 amide bonds. The molecule has 1 unspecified atom stereocenters. The van der Waals surface area contributed by atoms with Crippen LogP contribution in [0.4, 0.5) is 11.5 Å². The number of ether oxygens (including phenoxy) is 1. The molecular formula is C11H16ClN3O. The van der Waals surface area contributed by atoms with E-state index in [1.54, 1.807) is 12.1 Å². The fraction of sp³-hybridized carbons (Fsp3) is 0.545. The van der Waals surface area contributed by atoms with Crippen molar-refractivity contribution < 1.29 is 4.74 Å². The van der Waals surface area contributed by atoms with Gasteiger partial charge in [0.1, 0.15) is 5.15 Å². The van der Waals surface area contributed by atoms with Crippen LogP contribution in [0, 0.1) is 0 Å². The van der Waals surface area contributed by atoms with Gasteiger partial charge < -0.3 is 15.4 Å². The lowest BCUT2D eigenvalue weighted by Crippen LogP contribution is -2.42. The van der Waals surface area contributed by atoms with Crippen LogP contribution in [-0.4, -0.2) is 30.8 Å². The van der Waals surface area contributed by atoms with E-state index >= 15 is 0 Å². The molecule has 1 aromatic rings. The molecule has 1 atom stereocenters. The standard InChI is InChI=1S/C11H16ClN3O/c1-2-8-7-15(5-6-16-8)11-9(13)3-4-10(12)14-11/h3-4,8H,2,5-7,13H2,1H3. The summed E-state index contributed by atoms with van der Waals surface area (Å²) < 4.78 is 5.61. The molecule has 0 spiro atoms. The molecule has 0 bridgehead atoms. The molecule has 1 fully saturated rings. The summed E-state index contributed by atoms with van der Waals surface area (Å²) in [4.78, 5) is 6.41. The maximum absolute atomic E-state index is 5.90. The summed E-state index contributed by atoms with van der Waals surface area (Å²) in [6, 6.07) is 3.50. The Morgan fingerprint density at radius 3 is 3.19 bits per heavy atom. The van der Waals surface area contributed by atoms with Gasteiger partial charge in [-0.05, 0) is 18.6 Å². The number of nitrogens with two attached hydrogens (primary N) is 1. The van der Waals surface area contributed by atoms with E-state index in [9.17, 15) is 0 Å². The van der Waals surface area contributed by atoms with Gasteiger partial charge in [0, 0.05) is 13.1 Å². The van der Waals surface area contributed by atoms with Crippen molar-refractivity contribution in [1.29, 1.82) is 0 Å². The zero-order valence-corrected chi connectivity index (χ0v) is 10.1. The van der Waals surface area contributed by atoms with E-state index in [0.29, 0.717) is 17.4 Å². The highest BCUT2D eigenvalue weighted by Gasteiger charge is 2.21. The van der Waals surface area contributed by atoms with E-state index in [1.807, 2.05) is 0 Å².